The number of hydrogen-bond acceptors (Lipinski definition) is 6. The summed E-state index contributed by atoms with van der Waals surface area (Å²) in [5.74, 6) is -1.70. The van der Waals surface area contributed by atoms with Crippen LogP contribution in [0.4, 0.5) is 10.7 Å². The van der Waals surface area contributed by atoms with E-state index in [1.54, 1.807) is 0 Å². The molecule has 2 N–H and O–H groups in total. The molecule has 1 rings (SSSR count). The number of nitrogens with zero attached hydrogens (tertiary/aromatic N) is 1. The van der Waals surface area contributed by atoms with Crippen molar-refractivity contribution in [1.29, 1.82) is 0 Å². The minimum atomic E-state index is -0.880. The second-order valence-corrected chi connectivity index (χ2v) is 2.47. The third kappa shape index (κ3) is 2.70. The van der Waals surface area contributed by atoms with Crippen LogP contribution in [-0.4, -0.2) is 24.0 Å². The predicted molar refractivity (Wildman–Crippen MR) is 48.4 cm³/mol. The number of furan rings is 1. The predicted octanol–water partition coefficient (Wildman–Crippen LogP) is 0.189. The maximum Gasteiger partial charge on any atom is 0.433 e. The molecule has 0 atom stereocenters. The first-order valence-corrected chi connectivity index (χ1v) is 3.93. The summed E-state index contributed by atoms with van der Waals surface area (Å²) in [6.45, 7) is 0. The van der Waals surface area contributed by atoms with Gasteiger partial charge in [-0.25, -0.2) is 10.2 Å². The van der Waals surface area contributed by atoms with Crippen molar-refractivity contribution >= 4 is 17.9 Å². The Kier molecular flexibility index (Phi) is 3.43. The van der Waals surface area contributed by atoms with Crippen LogP contribution in [0.25, 0.3) is 0 Å². The summed E-state index contributed by atoms with van der Waals surface area (Å²) in [5.41, 5.74) is 3.80. The topological polar surface area (TPSA) is 124 Å². The van der Waals surface area contributed by atoms with Crippen LogP contribution in [0.3, 0.4) is 0 Å². The average molecular weight is 229 g/mol. The fraction of sp³-hybridized carbons (Fsp3) is 0.143. The van der Waals surface area contributed by atoms with Gasteiger partial charge in [0.25, 0.3) is 0 Å². The van der Waals surface area contributed by atoms with E-state index in [1.165, 1.54) is 0 Å². The van der Waals surface area contributed by atoms with Crippen molar-refractivity contribution < 1.29 is 23.7 Å². The van der Waals surface area contributed by atoms with E-state index in [2.05, 4.69) is 9.15 Å². The molecule has 86 valence electrons. The van der Waals surface area contributed by atoms with E-state index < -0.39 is 22.8 Å². The quantitative estimate of drug-likeness (QED) is 0.551. The van der Waals surface area contributed by atoms with Gasteiger partial charge in [-0.2, -0.15) is 0 Å². The number of nitrogens with one attached hydrogen (secondary N) is 2. The summed E-state index contributed by atoms with van der Waals surface area (Å²) >= 11 is 0. The summed E-state index contributed by atoms with van der Waals surface area (Å²) in [5, 5.41) is 10.2. The third-order valence-corrected chi connectivity index (χ3v) is 1.46. The SMILES string of the molecule is COC(=O)NNC(=O)c1ccc([N+](=O)[O-])o1. The molecule has 0 aliphatic heterocycles. The van der Waals surface area contributed by atoms with Gasteiger partial charge in [0.1, 0.15) is 4.92 Å². The fourth-order valence-corrected chi connectivity index (χ4v) is 0.768. The highest BCUT2D eigenvalue weighted by molar-refractivity contribution is 5.92. The molecular weight excluding hydrogens is 222 g/mol. The highest BCUT2D eigenvalue weighted by Crippen LogP contribution is 2.14. The summed E-state index contributed by atoms with van der Waals surface area (Å²) < 4.78 is 8.75. The summed E-state index contributed by atoms with van der Waals surface area (Å²) in [4.78, 5) is 31.2. The molecule has 0 saturated carbocycles. The number of ether oxygens (including phenoxy) is 1. The zero-order valence-corrected chi connectivity index (χ0v) is 8.05. The molecule has 0 aliphatic carbocycles. The van der Waals surface area contributed by atoms with Crippen LogP contribution in [0.5, 0.6) is 0 Å². The van der Waals surface area contributed by atoms with Crippen molar-refractivity contribution in [2.24, 2.45) is 0 Å². The number of nitro groups is 1. The van der Waals surface area contributed by atoms with Crippen LogP contribution in [-0.2, 0) is 4.74 Å². The van der Waals surface area contributed by atoms with Gasteiger partial charge in [-0.3, -0.25) is 20.3 Å². The van der Waals surface area contributed by atoms with Crippen molar-refractivity contribution in [2.75, 3.05) is 7.11 Å². The first-order chi connectivity index (χ1) is 7.54. The van der Waals surface area contributed by atoms with Crippen molar-refractivity contribution in [3.63, 3.8) is 0 Å². The van der Waals surface area contributed by atoms with Crippen LogP contribution in [0.2, 0.25) is 0 Å². The van der Waals surface area contributed by atoms with Crippen LogP contribution >= 0.6 is 0 Å². The van der Waals surface area contributed by atoms with Gasteiger partial charge >= 0.3 is 17.9 Å². The molecule has 1 heterocycles. The number of rotatable bonds is 2. The lowest BCUT2D eigenvalue weighted by atomic mass is 10.4. The summed E-state index contributed by atoms with van der Waals surface area (Å²) in [6.07, 6.45) is -0.880. The van der Waals surface area contributed by atoms with Gasteiger partial charge in [-0.15, -0.1) is 0 Å². The zero-order chi connectivity index (χ0) is 12.1. The molecule has 9 nitrogen and oxygen atoms in total. The second-order valence-electron chi connectivity index (χ2n) is 2.47. The fourth-order valence-electron chi connectivity index (χ4n) is 0.768. The zero-order valence-electron chi connectivity index (χ0n) is 8.05. The Morgan fingerprint density at radius 2 is 2.12 bits per heavy atom. The van der Waals surface area contributed by atoms with Crippen LogP contribution < -0.4 is 10.9 Å². The van der Waals surface area contributed by atoms with Gasteiger partial charge in [-0.1, -0.05) is 0 Å². The lowest BCUT2D eigenvalue weighted by Gasteiger charge is -2.02. The Labute approximate surface area is 88.5 Å². The Bertz CT molecular complexity index is 426. The van der Waals surface area contributed by atoms with Gasteiger partial charge in [0.2, 0.25) is 5.76 Å². The van der Waals surface area contributed by atoms with Gasteiger partial charge in [0.05, 0.1) is 13.2 Å². The Morgan fingerprint density at radius 1 is 1.44 bits per heavy atom. The van der Waals surface area contributed by atoms with Gasteiger partial charge in [0, 0.05) is 0 Å². The second kappa shape index (κ2) is 4.77. The van der Waals surface area contributed by atoms with E-state index in [-0.39, 0.29) is 5.76 Å². The molecule has 0 aliphatic rings. The van der Waals surface area contributed by atoms with E-state index in [9.17, 15) is 19.7 Å². The molecule has 9 heteroatoms. The Balaban J connectivity index is 2.59. The first kappa shape index (κ1) is 11.5. The largest absolute Gasteiger partial charge is 0.452 e. The number of carbonyl (C=O) groups excluding carboxylic acids is 2. The summed E-state index contributed by atoms with van der Waals surface area (Å²) in [6, 6.07) is 2.12. The Morgan fingerprint density at radius 3 is 2.62 bits per heavy atom. The number of carbonyl (C=O) groups is 2. The number of amides is 2. The molecular formula is C7H7N3O6. The van der Waals surface area contributed by atoms with Crippen molar-refractivity contribution in [3.05, 3.63) is 28.0 Å². The lowest BCUT2D eigenvalue weighted by Crippen LogP contribution is -2.41. The molecule has 0 spiro atoms. The van der Waals surface area contributed by atoms with E-state index in [1.807, 2.05) is 10.9 Å². The number of methoxy groups -OCH3 is 1. The van der Waals surface area contributed by atoms with Crippen molar-refractivity contribution in [1.82, 2.24) is 10.9 Å². The maximum absolute atomic E-state index is 11.2. The van der Waals surface area contributed by atoms with E-state index in [0.29, 0.717) is 0 Å². The first-order valence-electron chi connectivity index (χ1n) is 3.93. The van der Waals surface area contributed by atoms with Crippen molar-refractivity contribution in [3.8, 4) is 0 Å². The highest BCUT2D eigenvalue weighted by atomic mass is 16.6. The average Bonchev–Trinajstić information content (AvgIpc) is 2.74. The molecule has 0 saturated heterocycles. The standard InChI is InChI=1S/C7H7N3O6/c1-15-7(12)9-8-6(11)4-2-3-5(16-4)10(13)14/h2-3H,1H3,(H,8,11)(H,9,12). The van der Waals surface area contributed by atoms with Gasteiger partial charge in [-0.05, 0) is 6.07 Å². The molecule has 0 unspecified atom stereocenters. The smallest absolute Gasteiger partial charge is 0.433 e. The minimum Gasteiger partial charge on any atom is -0.452 e. The number of hydrazine groups is 1. The maximum atomic E-state index is 11.2. The van der Waals surface area contributed by atoms with Crippen LogP contribution in [0, 0.1) is 10.1 Å². The molecule has 0 radical (unpaired) electrons. The van der Waals surface area contributed by atoms with E-state index in [0.717, 1.165) is 19.2 Å². The van der Waals surface area contributed by atoms with Crippen LogP contribution in [0.1, 0.15) is 10.6 Å². The van der Waals surface area contributed by atoms with E-state index >= 15 is 0 Å². The molecule has 1 aromatic rings. The minimum absolute atomic E-state index is 0.303. The molecule has 2 amide bonds. The van der Waals surface area contributed by atoms with Gasteiger partial charge < -0.3 is 9.15 Å². The molecule has 0 aromatic carbocycles. The highest BCUT2D eigenvalue weighted by Gasteiger charge is 2.17. The third-order valence-electron chi connectivity index (χ3n) is 1.46. The molecule has 0 bridgehead atoms. The lowest BCUT2D eigenvalue weighted by molar-refractivity contribution is -0.402. The van der Waals surface area contributed by atoms with Crippen molar-refractivity contribution in [2.45, 2.75) is 0 Å². The van der Waals surface area contributed by atoms with E-state index in [4.69, 9.17) is 0 Å². The normalized spacial score (nSPS) is 9.31. The molecule has 1 aromatic heterocycles. The number of hydrogen-bond donors (Lipinski definition) is 2. The summed E-state index contributed by atoms with van der Waals surface area (Å²) in [7, 11) is 1.11. The molecule has 0 fully saturated rings. The Hall–Kier alpha value is -2.58. The monoisotopic (exact) mass is 229 g/mol. The molecule has 16 heavy (non-hydrogen) atoms. The van der Waals surface area contributed by atoms with Gasteiger partial charge in [0.15, 0.2) is 0 Å². The van der Waals surface area contributed by atoms with Crippen LogP contribution in [0.15, 0.2) is 16.5 Å².